The van der Waals surface area contributed by atoms with E-state index in [0.717, 1.165) is 0 Å². The molecule has 2 rings (SSSR count). The summed E-state index contributed by atoms with van der Waals surface area (Å²) in [5, 5.41) is 4.34. The summed E-state index contributed by atoms with van der Waals surface area (Å²) < 4.78 is 5.23. The van der Waals surface area contributed by atoms with E-state index in [1.807, 2.05) is 0 Å². The van der Waals surface area contributed by atoms with Crippen LogP contribution in [0.1, 0.15) is 20.2 Å². The predicted octanol–water partition coefficient (Wildman–Crippen LogP) is 2.94. The van der Waals surface area contributed by atoms with Crippen LogP contribution >= 0.6 is 27.3 Å². The Morgan fingerprint density at radius 3 is 2.89 bits per heavy atom. The Balaban J connectivity index is 2.23. The van der Waals surface area contributed by atoms with Crippen LogP contribution in [0.4, 0.5) is 5.69 Å². The fraction of sp³-hybridized carbons (Fsp3) is 0.0833. The highest BCUT2D eigenvalue weighted by Crippen LogP contribution is 2.24. The van der Waals surface area contributed by atoms with Crippen molar-refractivity contribution in [2.24, 2.45) is 0 Å². The fourth-order valence-electron chi connectivity index (χ4n) is 1.39. The molecule has 2 heterocycles. The van der Waals surface area contributed by atoms with E-state index in [4.69, 9.17) is 0 Å². The first-order valence-electron chi connectivity index (χ1n) is 5.21. The van der Waals surface area contributed by atoms with Gasteiger partial charge in [0.2, 0.25) is 0 Å². The molecule has 1 amide bonds. The maximum atomic E-state index is 12.0. The molecule has 1 N–H and O–H groups in total. The lowest BCUT2D eigenvalue weighted by Crippen LogP contribution is -2.15. The SMILES string of the molecule is COC(=O)c1sccc1NC(=O)c1ncccc1Br. The van der Waals surface area contributed by atoms with Gasteiger partial charge in [-0.1, -0.05) is 0 Å². The van der Waals surface area contributed by atoms with Gasteiger partial charge >= 0.3 is 5.97 Å². The van der Waals surface area contributed by atoms with Gasteiger partial charge in [-0.25, -0.2) is 9.78 Å². The Bertz CT molecular complexity index is 627. The topological polar surface area (TPSA) is 68.3 Å². The summed E-state index contributed by atoms with van der Waals surface area (Å²) in [6.07, 6.45) is 1.52. The van der Waals surface area contributed by atoms with Gasteiger partial charge in [-0.3, -0.25) is 4.79 Å². The van der Waals surface area contributed by atoms with Crippen LogP contribution in [0.5, 0.6) is 0 Å². The number of hydrogen-bond acceptors (Lipinski definition) is 5. The number of halogens is 1. The molecule has 5 nitrogen and oxygen atoms in total. The van der Waals surface area contributed by atoms with Crippen molar-refractivity contribution in [3.05, 3.63) is 44.8 Å². The number of nitrogens with one attached hydrogen (secondary N) is 1. The van der Waals surface area contributed by atoms with Crippen LogP contribution in [0.2, 0.25) is 0 Å². The summed E-state index contributed by atoms with van der Waals surface area (Å²) in [4.78, 5) is 27.9. The normalized spacial score (nSPS) is 10.0. The molecule has 19 heavy (non-hydrogen) atoms. The second-order valence-electron chi connectivity index (χ2n) is 3.44. The van der Waals surface area contributed by atoms with E-state index in [-0.39, 0.29) is 5.69 Å². The average Bonchev–Trinajstić information content (AvgIpc) is 2.86. The van der Waals surface area contributed by atoms with E-state index in [1.54, 1.807) is 23.6 Å². The van der Waals surface area contributed by atoms with Gasteiger partial charge in [0.05, 0.1) is 12.8 Å². The molecule has 0 aromatic carbocycles. The first kappa shape index (κ1) is 13.7. The number of hydrogen-bond donors (Lipinski definition) is 1. The lowest BCUT2D eigenvalue weighted by atomic mass is 10.3. The number of carbonyl (C=O) groups is 2. The van der Waals surface area contributed by atoms with E-state index in [9.17, 15) is 9.59 Å². The number of anilines is 1. The largest absolute Gasteiger partial charge is 0.465 e. The van der Waals surface area contributed by atoms with Crippen molar-refractivity contribution in [2.75, 3.05) is 12.4 Å². The number of esters is 1. The van der Waals surface area contributed by atoms with Crippen LogP contribution in [0, 0.1) is 0 Å². The van der Waals surface area contributed by atoms with Gasteiger partial charge in [0.25, 0.3) is 5.91 Å². The molecular weight excluding hydrogens is 332 g/mol. The molecule has 0 saturated carbocycles. The maximum absolute atomic E-state index is 12.0. The molecule has 0 unspecified atom stereocenters. The number of pyridine rings is 1. The summed E-state index contributed by atoms with van der Waals surface area (Å²) in [7, 11) is 1.29. The van der Waals surface area contributed by atoms with Gasteiger partial charge in [-0.15, -0.1) is 11.3 Å². The van der Waals surface area contributed by atoms with Crippen LogP contribution < -0.4 is 5.32 Å². The highest BCUT2D eigenvalue weighted by molar-refractivity contribution is 9.10. The number of amides is 1. The zero-order chi connectivity index (χ0) is 13.8. The zero-order valence-corrected chi connectivity index (χ0v) is 12.2. The van der Waals surface area contributed by atoms with Crippen LogP contribution in [-0.4, -0.2) is 24.0 Å². The van der Waals surface area contributed by atoms with Crippen LogP contribution in [-0.2, 0) is 4.74 Å². The van der Waals surface area contributed by atoms with E-state index < -0.39 is 11.9 Å². The van der Waals surface area contributed by atoms with Crippen molar-refractivity contribution in [2.45, 2.75) is 0 Å². The molecule has 0 aliphatic carbocycles. The van der Waals surface area contributed by atoms with Gasteiger partial charge in [0.1, 0.15) is 10.6 Å². The van der Waals surface area contributed by atoms with Crippen LogP contribution in [0.25, 0.3) is 0 Å². The smallest absolute Gasteiger partial charge is 0.350 e. The number of nitrogens with zero attached hydrogens (tertiary/aromatic N) is 1. The molecule has 0 bridgehead atoms. The minimum Gasteiger partial charge on any atom is -0.465 e. The molecule has 98 valence electrons. The van der Waals surface area contributed by atoms with Crippen LogP contribution in [0.15, 0.2) is 34.2 Å². The highest BCUT2D eigenvalue weighted by atomic mass is 79.9. The van der Waals surface area contributed by atoms with Crippen molar-refractivity contribution in [1.29, 1.82) is 0 Å². The Hall–Kier alpha value is -1.73. The van der Waals surface area contributed by atoms with Gasteiger partial charge < -0.3 is 10.1 Å². The van der Waals surface area contributed by atoms with Crippen molar-refractivity contribution >= 4 is 44.8 Å². The Morgan fingerprint density at radius 1 is 1.42 bits per heavy atom. The van der Waals surface area contributed by atoms with E-state index in [1.165, 1.54) is 24.6 Å². The highest BCUT2D eigenvalue weighted by Gasteiger charge is 2.18. The number of rotatable bonds is 3. The summed E-state index contributed by atoms with van der Waals surface area (Å²) in [6.45, 7) is 0. The molecule has 0 atom stereocenters. The third-order valence-electron chi connectivity index (χ3n) is 2.26. The van der Waals surface area contributed by atoms with Gasteiger partial charge in [0.15, 0.2) is 0 Å². The van der Waals surface area contributed by atoms with Crippen molar-refractivity contribution in [3.63, 3.8) is 0 Å². The van der Waals surface area contributed by atoms with Crippen molar-refractivity contribution < 1.29 is 14.3 Å². The lowest BCUT2D eigenvalue weighted by Gasteiger charge is -2.06. The second kappa shape index (κ2) is 5.94. The number of carbonyl (C=O) groups excluding carboxylic acids is 2. The van der Waals surface area contributed by atoms with E-state index >= 15 is 0 Å². The quantitative estimate of drug-likeness (QED) is 0.872. The molecule has 0 aliphatic heterocycles. The van der Waals surface area contributed by atoms with Gasteiger partial charge in [-0.2, -0.15) is 0 Å². The van der Waals surface area contributed by atoms with Crippen molar-refractivity contribution in [3.8, 4) is 0 Å². The fourth-order valence-corrected chi connectivity index (χ4v) is 2.59. The van der Waals surface area contributed by atoms with E-state index in [0.29, 0.717) is 15.0 Å². The third kappa shape index (κ3) is 2.99. The Kier molecular flexibility index (Phi) is 4.28. The maximum Gasteiger partial charge on any atom is 0.350 e. The molecular formula is C12H9BrN2O3S. The number of methoxy groups -OCH3 is 1. The number of ether oxygens (including phenoxy) is 1. The summed E-state index contributed by atoms with van der Waals surface area (Å²) in [6, 6.07) is 5.08. The molecule has 0 fully saturated rings. The van der Waals surface area contributed by atoms with Gasteiger partial charge in [0, 0.05) is 10.7 Å². The molecule has 0 saturated heterocycles. The second-order valence-corrected chi connectivity index (χ2v) is 5.21. The zero-order valence-electron chi connectivity index (χ0n) is 9.84. The average molecular weight is 341 g/mol. The molecule has 0 spiro atoms. The Morgan fingerprint density at radius 2 is 2.21 bits per heavy atom. The number of aromatic nitrogens is 1. The minimum atomic E-state index is -0.481. The molecule has 7 heteroatoms. The summed E-state index contributed by atoms with van der Waals surface area (Å²) in [5.41, 5.74) is 0.670. The summed E-state index contributed by atoms with van der Waals surface area (Å²) in [5.74, 6) is -0.874. The van der Waals surface area contributed by atoms with Crippen LogP contribution in [0.3, 0.4) is 0 Å². The van der Waals surface area contributed by atoms with Crippen molar-refractivity contribution in [1.82, 2.24) is 4.98 Å². The molecule has 0 radical (unpaired) electrons. The monoisotopic (exact) mass is 340 g/mol. The third-order valence-corrected chi connectivity index (χ3v) is 3.79. The minimum absolute atomic E-state index is 0.254. The first-order chi connectivity index (χ1) is 9.13. The lowest BCUT2D eigenvalue weighted by molar-refractivity contribution is 0.0607. The number of thiophene rings is 1. The standard InChI is InChI=1S/C12H9BrN2O3S/c1-18-12(17)10-8(4-6-19-10)15-11(16)9-7(13)3-2-5-14-9/h2-6H,1H3,(H,15,16). The van der Waals surface area contributed by atoms with E-state index in [2.05, 4.69) is 31.0 Å². The molecule has 2 aromatic rings. The first-order valence-corrected chi connectivity index (χ1v) is 6.88. The summed E-state index contributed by atoms with van der Waals surface area (Å²) >= 11 is 4.45. The predicted molar refractivity (Wildman–Crippen MR) is 75.5 cm³/mol. The molecule has 0 aliphatic rings. The Labute approximate surface area is 121 Å². The van der Waals surface area contributed by atoms with Gasteiger partial charge in [-0.05, 0) is 39.5 Å². The molecule has 2 aromatic heterocycles.